The predicted octanol–water partition coefficient (Wildman–Crippen LogP) is 7.36. The molecule has 2 rings (SSSR count). The third kappa shape index (κ3) is 11.0. The molecule has 0 radical (unpaired) electrons. The molecule has 0 saturated carbocycles. The summed E-state index contributed by atoms with van der Waals surface area (Å²) in [6.45, 7) is 4.58. The summed E-state index contributed by atoms with van der Waals surface area (Å²) in [5.41, 5.74) is 0.942. The fourth-order valence-corrected chi connectivity index (χ4v) is 4.91. The number of ether oxygens (including phenoxy) is 1. The number of hydrogen-bond donors (Lipinski definition) is 1. The van der Waals surface area contributed by atoms with Crippen molar-refractivity contribution in [3.05, 3.63) is 48.0 Å². The lowest BCUT2D eigenvalue weighted by Crippen LogP contribution is -2.46. The average molecular weight is 486 g/mol. The Labute approximate surface area is 212 Å². The van der Waals surface area contributed by atoms with Gasteiger partial charge < -0.3 is 9.84 Å². The van der Waals surface area contributed by atoms with Crippen LogP contribution in [0.1, 0.15) is 109 Å². The van der Waals surface area contributed by atoms with Gasteiger partial charge in [0.25, 0.3) is 0 Å². The summed E-state index contributed by atoms with van der Waals surface area (Å²) in [6.07, 6.45) is 16.2. The van der Waals surface area contributed by atoms with Gasteiger partial charge >= 0.3 is 6.09 Å². The summed E-state index contributed by atoms with van der Waals surface area (Å²) < 4.78 is 5.66. The van der Waals surface area contributed by atoms with Crippen molar-refractivity contribution in [2.45, 2.75) is 129 Å². The maximum atomic E-state index is 13.1. The topological polar surface area (TPSA) is 66.8 Å². The molecule has 1 heterocycles. The molecular weight excluding hydrogens is 438 g/mol. The van der Waals surface area contributed by atoms with E-state index in [1.165, 1.54) is 25.7 Å². The highest BCUT2D eigenvalue weighted by atomic mass is 16.6. The summed E-state index contributed by atoms with van der Waals surface area (Å²) in [4.78, 5) is 27.1. The molecule has 3 atom stereocenters. The fraction of sp³-hybridized carbons (Fsp3) is 0.667. The summed E-state index contributed by atoms with van der Waals surface area (Å²) in [5.74, 6) is 0.158. The average Bonchev–Trinajstić information content (AvgIpc) is 3.29. The van der Waals surface area contributed by atoms with E-state index in [4.69, 9.17) is 4.74 Å². The molecule has 196 valence electrons. The summed E-state index contributed by atoms with van der Waals surface area (Å²) >= 11 is 0. The van der Waals surface area contributed by atoms with Crippen LogP contribution in [0.3, 0.4) is 0 Å². The molecule has 5 heteroatoms. The number of likely N-dealkylation sites (tertiary alicyclic amines) is 1. The molecule has 1 aliphatic rings. The Bertz CT molecular complexity index is 748. The Balaban J connectivity index is 1.93. The van der Waals surface area contributed by atoms with E-state index in [0.29, 0.717) is 19.3 Å². The lowest BCUT2D eigenvalue weighted by molar-refractivity contribution is -0.114. The molecule has 0 unspecified atom stereocenters. The molecule has 1 saturated heterocycles. The molecular formula is C30H47NO4. The van der Waals surface area contributed by atoms with E-state index in [1.54, 1.807) is 11.0 Å². The molecule has 1 fully saturated rings. The van der Waals surface area contributed by atoms with Crippen molar-refractivity contribution >= 4 is 11.9 Å². The lowest BCUT2D eigenvalue weighted by atomic mass is 10.0. The first kappa shape index (κ1) is 29.1. The van der Waals surface area contributed by atoms with Crippen LogP contribution >= 0.6 is 0 Å². The fourth-order valence-electron chi connectivity index (χ4n) is 4.91. The van der Waals surface area contributed by atoms with Gasteiger partial charge in [0.1, 0.15) is 6.61 Å². The molecule has 0 aliphatic carbocycles. The maximum Gasteiger partial charge on any atom is 0.410 e. The van der Waals surface area contributed by atoms with Crippen LogP contribution < -0.4 is 0 Å². The number of aliphatic hydroxyl groups is 1. The second-order valence-electron chi connectivity index (χ2n) is 9.93. The standard InChI is InChI=1S/C30H47NO4/c1-3-5-7-9-13-19-27(32)20-15-18-26-22-23-28(29(33)21-14-8-6-4-2)31(26)30(34)35-24-25-16-11-10-12-17-25/h10-12,15-17,20,26,28-29,33H,3-9,13-14,18-19,21-24H2,1-2H3/b20-15+/t26-,28-,29+/m0/s1. The van der Waals surface area contributed by atoms with Gasteiger partial charge in [0.05, 0.1) is 12.1 Å². The molecule has 0 spiro atoms. The normalized spacial score (nSPS) is 18.8. The summed E-state index contributed by atoms with van der Waals surface area (Å²) in [7, 11) is 0. The van der Waals surface area contributed by atoms with Gasteiger partial charge in [-0.15, -0.1) is 0 Å². The molecule has 1 aliphatic heterocycles. The van der Waals surface area contributed by atoms with Crippen LogP contribution in [0.4, 0.5) is 4.79 Å². The van der Waals surface area contributed by atoms with E-state index >= 15 is 0 Å². The zero-order valence-corrected chi connectivity index (χ0v) is 22.0. The Morgan fingerprint density at radius 3 is 2.40 bits per heavy atom. The molecule has 1 aromatic rings. The summed E-state index contributed by atoms with van der Waals surface area (Å²) in [6, 6.07) is 9.38. The van der Waals surface area contributed by atoms with E-state index in [-0.39, 0.29) is 30.6 Å². The van der Waals surface area contributed by atoms with Crippen LogP contribution in [-0.4, -0.2) is 40.1 Å². The van der Waals surface area contributed by atoms with Crippen LogP contribution in [-0.2, 0) is 16.1 Å². The van der Waals surface area contributed by atoms with Crippen molar-refractivity contribution in [1.82, 2.24) is 4.90 Å². The molecule has 1 aromatic carbocycles. The van der Waals surface area contributed by atoms with E-state index in [9.17, 15) is 14.7 Å². The van der Waals surface area contributed by atoms with Gasteiger partial charge in [-0.3, -0.25) is 9.69 Å². The third-order valence-corrected chi connectivity index (χ3v) is 7.00. The highest BCUT2D eigenvalue weighted by molar-refractivity contribution is 5.89. The number of allylic oxidation sites excluding steroid dienone is 1. The van der Waals surface area contributed by atoms with Crippen molar-refractivity contribution in [3.63, 3.8) is 0 Å². The van der Waals surface area contributed by atoms with E-state index in [2.05, 4.69) is 13.8 Å². The minimum Gasteiger partial charge on any atom is -0.445 e. The minimum atomic E-state index is -0.546. The van der Waals surface area contributed by atoms with Crippen LogP contribution in [0.2, 0.25) is 0 Å². The lowest BCUT2D eigenvalue weighted by Gasteiger charge is -2.32. The van der Waals surface area contributed by atoms with E-state index in [1.807, 2.05) is 36.4 Å². The predicted molar refractivity (Wildman–Crippen MR) is 142 cm³/mol. The van der Waals surface area contributed by atoms with Gasteiger partial charge in [0.15, 0.2) is 5.78 Å². The Morgan fingerprint density at radius 2 is 1.69 bits per heavy atom. The number of aliphatic hydroxyl groups excluding tert-OH is 1. The zero-order chi connectivity index (χ0) is 25.3. The number of nitrogens with zero attached hydrogens (tertiary/aromatic N) is 1. The number of benzene rings is 1. The number of carbonyl (C=O) groups excluding carboxylic acids is 2. The van der Waals surface area contributed by atoms with Crippen LogP contribution in [0.25, 0.3) is 0 Å². The van der Waals surface area contributed by atoms with Crippen molar-refractivity contribution in [1.29, 1.82) is 0 Å². The van der Waals surface area contributed by atoms with Gasteiger partial charge in [-0.25, -0.2) is 4.79 Å². The number of unbranched alkanes of at least 4 members (excludes halogenated alkanes) is 7. The van der Waals surface area contributed by atoms with Crippen LogP contribution in [0.5, 0.6) is 0 Å². The number of hydrogen-bond acceptors (Lipinski definition) is 4. The number of ketones is 1. The number of carbonyl (C=O) groups is 2. The Hall–Kier alpha value is -2.14. The molecule has 1 N–H and O–H groups in total. The first-order chi connectivity index (χ1) is 17.1. The van der Waals surface area contributed by atoms with Gasteiger partial charge in [-0.1, -0.05) is 102 Å². The molecule has 0 aromatic heterocycles. The Morgan fingerprint density at radius 1 is 1.00 bits per heavy atom. The van der Waals surface area contributed by atoms with Gasteiger partial charge in [-0.05, 0) is 43.7 Å². The van der Waals surface area contributed by atoms with E-state index < -0.39 is 6.10 Å². The highest BCUT2D eigenvalue weighted by Gasteiger charge is 2.40. The minimum absolute atomic E-state index is 0.0535. The first-order valence-electron chi connectivity index (χ1n) is 13.9. The monoisotopic (exact) mass is 485 g/mol. The largest absolute Gasteiger partial charge is 0.445 e. The second kappa shape index (κ2) is 17.3. The molecule has 1 amide bonds. The SMILES string of the molecule is CCCCCCCC(=O)/C=C/C[C@H]1CC[C@@H]([C@H](O)CCCCCC)N1C(=O)OCc1ccccc1. The quantitative estimate of drug-likeness (QED) is 0.185. The van der Waals surface area contributed by atoms with Crippen LogP contribution in [0, 0.1) is 0 Å². The maximum absolute atomic E-state index is 13.1. The van der Waals surface area contributed by atoms with Gasteiger partial charge in [-0.2, -0.15) is 0 Å². The number of rotatable bonds is 17. The number of amides is 1. The Kier molecular flexibility index (Phi) is 14.4. The van der Waals surface area contributed by atoms with Crippen LogP contribution in [0.15, 0.2) is 42.5 Å². The molecule has 5 nitrogen and oxygen atoms in total. The molecule has 0 bridgehead atoms. The third-order valence-electron chi connectivity index (χ3n) is 7.00. The van der Waals surface area contributed by atoms with Crippen molar-refractivity contribution < 1.29 is 19.4 Å². The van der Waals surface area contributed by atoms with Gasteiger partial charge in [0.2, 0.25) is 0 Å². The highest BCUT2D eigenvalue weighted by Crippen LogP contribution is 2.31. The smallest absolute Gasteiger partial charge is 0.410 e. The van der Waals surface area contributed by atoms with Crippen molar-refractivity contribution in [3.8, 4) is 0 Å². The van der Waals surface area contributed by atoms with Crippen molar-refractivity contribution in [2.75, 3.05) is 0 Å². The second-order valence-corrected chi connectivity index (χ2v) is 9.93. The first-order valence-corrected chi connectivity index (χ1v) is 13.9. The molecule has 35 heavy (non-hydrogen) atoms. The summed E-state index contributed by atoms with van der Waals surface area (Å²) in [5, 5.41) is 10.9. The van der Waals surface area contributed by atoms with E-state index in [0.717, 1.165) is 50.5 Å². The zero-order valence-electron chi connectivity index (χ0n) is 22.0. The van der Waals surface area contributed by atoms with Crippen molar-refractivity contribution in [2.24, 2.45) is 0 Å². The van der Waals surface area contributed by atoms with Gasteiger partial charge in [0, 0.05) is 12.5 Å².